The number of sulfonamides is 1. The first kappa shape index (κ1) is 16.5. The first-order valence-corrected chi connectivity index (χ1v) is 7.67. The molecule has 0 radical (unpaired) electrons. The molecule has 0 unspecified atom stereocenters. The number of rotatable bonds is 4. The van der Waals surface area contributed by atoms with Crippen LogP contribution in [0.3, 0.4) is 0 Å². The van der Waals surface area contributed by atoms with Gasteiger partial charge in [0.15, 0.2) is 0 Å². The SMILES string of the molecule is Cc1cc(CNS(=O)(=O)c2ccc(C)c(C(F)(F)F)c2)no1. The zero-order chi connectivity index (χ0) is 16.5. The second-order valence-corrected chi connectivity index (χ2v) is 6.49. The van der Waals surface area contributed by atoms with E-state index in [0.717, 1.165) is 12.1 Å². The summed E-state index contributed by atoms with van der Waals surface area (Å²) in [5.74, 6) is 0.504. The lowest BCUT2D eigenvalue weighted by molar-refractivity contribution is -0.138. The third-order valence-electron chi connectivity index (χ3n) is 2.94. The molecule has 1 heterocycles. The highest BCUT2D eigenvalue weighted by Crippen LogP contribution is 2.33. The summed E-state index contributed by atoms with van der Waals surface area (Å²) in [7, 11) is -4.08. The van der Waals surface area contributed by atoms with E-state index in [9.17, 15) is 21.6 Å². The molecular formula is C13H13F3N2O3S. The number of alkyl halides is 3. The molecule has 0 aliphatic carbocycles. The summed E-state index contributed by atoms with van der Waals surface area (Å²) in [6.45, 7) is 2.74. The Bertz CT molecular complexity index is 782. The number of hydrogen-bond acceptors (Lipinski definition) is 4. The van der Waals surface area contributed by atoms with Gasteiger partial charge in [0.25, 0.3) is 0 Å². The molecule has 1 aromatic carbocycles. The summed E-state index contributed by atoms with van der Waals surface area (Å²) in [5, 5.41) is 3.60. The maximum Gasteiger partial charge on any atom is 0.416 e. The predicted molar refractivity (Wildman–Crippen MR) is 71.4 cm³/mol. The average molecular weight is 334 g/mol. The van der Waals surface area contributed by atoms with Crippen molar-refractivity contribution in [2.75, 3.05) is 0 Å². The Morgan fingerprint density at radius 1 is 1.23 bits per heavy atom. The summed E-state index contributed by atoms with van der Waals surface area (Å²) < 4.78 is 69.6. The molecule has 0 spiro atoms. The van der Waals surface area contributed by atoms with Crippen LogP contribution in [-0.4, -0.2) is 13.6 Å². The number of aromatic nitrogens is 1. The lowest BCUT2D eigenvalue weighted by atomic mass is 10.1. The Hall–Kier alpha value is -1.87. The summed E-state index contributed by atoms with van der Waals surface area (Å²) in [6, 6.07) is 4.39. The smallest absolute Gasteiger partial charge is 0.361 e. The van der Waals surface area contributed by atoms with Crippen molar-refractivity contribution >= 4 is 10.0 Å². The Morgan fingerprint density at radius 3 is 2.45 bits per heavy atom. The van der Waals surface area contributed by atoms with Crippen LogP contribution in [0, 0.1) is 13.8 Å². The van der Waals surface area contributed by atoms with Crippen molar-refractivity contribution in [1.82, 2.24) is 9.88 Å². The average Bonchev–Trinajstić information content (AvgIpc) is 2.81. The number of nitrogens with zero attached hydrogens (tertiary/aromatic N) is 1. The maximum absolute atomic E-state index is 12.8. The quantitative estimate of drug-likeness (QED) is 0.933. The van der Waals surface area contributed by atoms with E-state index in [-0.39, 0.29) is 12.1 Å². The van der Waals surface area contributed by atoms with Gasteiger partial charge in [-0.1, -0.05) is 11.2 Å². The van der Waals surface area contributed by atoms with Gasteiger partial charge in [0.2, 0.25) is 10.0 Å². The molecule has 0 fully saturated rings. The monoisotopic (exact) mass is 334 g/mol. The molecule has 22 heavy (non-hydrogen) atoms. The standard InChI is InChI=1S/C13H13F3N2O3S/c1-8-3-4-11(6-12(8)13(14,15)16)22(19,20)17-7-10-5-9(2)21-18-10/h3-6,17H,7H2,1-2H3. The van der Waals surface area contributed by atoms with E-state index in [4.69, 9.17) is 4.52 Å². The van der Waals surface area contributed by atoms with Gasteiger partial charge < -0.3 is 4.52 Å². The fourth-order valence-corrected chi connectivity index (χ4v) is 2.85. The fourth-order valence-electron chi connectivity index (χ4n) is 1.83. The molecule has 0 bridgehead atoms. The molecule has 120 valence electrons. The Morgan fingerprint density at radius 2 is 1.91 bits per heavy atom. The van der Waals surface area contributed by atoms with E-state index < -0.39 is 26.7 Å². The second kappa shape index (κ2) is 5.73. The van der Waals surface area contributed by atoms with Crippen LogP contribution in [0.2, 0.25) is 0 Å². The van der Waals surface area contributed by atoms with Crippen LogP contribution < -0.4 is 4.72 Å². The molecule has 0 saturated carbocycles. The van der Waals surface area contributed by atoms with Crippen molar-refractivity contribution in [3.8, 4) is 0 Å². The second-order valence-electron chi connectivity index (χ2n) is 4.73. The Labute approximate surface area is 125 Å². The molecule has 0 atom stereocenters. The van der Waals surface area contributed by atoms with E-state index in [1.165, 1.54) is 13.0 Å². The van der Waals surface area contributed by atoms with Crippen molar-refractivity contribution in [2.24, 2.45) is 0 Å². The Balaban J connectivity index is 2.26. The molecule has 1 aromatic heterocycles. The van der Waals surface area contributed by atoms with Gasteiger partial charge in [-0.2, -0.15) is 13.2 Å². The Kier molecular flexibility index (Phi) is 4.30. The zero-order valence-electron chi connectivity index (χ0n) is 11.7. The molecular weight excluding hydrogens is 321 g/mol. The zero-order valence-corrected chi connectivity index (χ0v) is 12.5. The fraction of sp³-hybridized carbons (Fsp3) is 0.308. The van der Waals surface area contributed by atoms with E-state index in [2.05, 4.69) is 9.88 Å². The van der Waals surface area contributed by atoms with Crippen LogP contribution in [-0.2, 0) is 22.7 Å². The number of aryl methyl sites for hydroxylation is 2. The number of nitrogens with one attached hydrogen (secondary N) is 1. The van der Waals surface area contributed by atoms with Crippen molar-refractivity contribution in [3.05, 3.63) is 46.8 Å². The van der Waals surface area contributed by atoms with Gasteiger partial charge in [-0.25, -0.2) is 13.1 Å². The molecule has 0 aliphatic heterocycles. The molecule has 2 aromatic rings. The normalized spacial score (nSPS) is 12.6. The topological polar surface area (TPSA) is 72.2 Å². The highest BCUT2D eigenvalue weighted by Gasteiger charge is 2.33. The maximum atomic E-state index is 12.8. The lowest BCUT2D eigenvalue weighted by Gasteiger charge is -2.12. The van der Waals surface area contributed by atoms with E-state index in [0.29, 0.717) is 17.5 Å². The summed E-state index contributed by atoms with van der Waals surface area (Å²) in [5.41, 5.74) is -0.685. The minimum Gasteiger partial charge on any atom is -0.361 e. The number of benzene rings is 1. The summed E-state index contributed by atoms with van der Waals surface area (Å²) in [6.07, 6.45) is -4.61. The number of hydrogen-bond donors (Lipinski definition) is 1. The van der Waals surface area contributed by atoms with Crippen LogP contribution in [0.15, 0.2) is 33.7 Å². The van der Waals surface area contributed by atoms with Gasteiger partial charge >= 0.3 is 6.18 Å². The minimum atomic E-state index is -4.61. The molecule has 5 nitrogen and oxygen atoms in total. The van der Waals surface area contributed by atoms with Crippen LogP contribution in [0.4, 0.5) is 13.2 Å². The van der Waals surface area contributed by atoms with Gasteiger partial charge in [0.05, 0.1) is 22.7 Å². The molecule has 9 heteroatoms. The lowest BCUT2D eigenvalue weighted by Crippen LogP contribution is -2.24. The van der Waals surface area contributed by atoms with Gasteiger partial charge in [-0.15, -0.1) is 0 Å². The van der Waals surface area contributed by atoms with Crippen molar-refractivity contribution in [3.63, 3.8) is 0 Å². The van der Waals surface area contributed by atoms with Crippen molar-refractivity contribution in [2.45, 2.75) is 31.5 Å². The molecule has 0 aliphatic rings. The molecule has 0 saturated heterocycles. The molecule has 0 amide bonds. The minimum absolute atomic E-state index is 0.0430. The van der Waals surface area contributed by atoms with Crippen LogP contribution >= 0.6 is 0 Å². The first-order valence-electron chi connectivity index (χ1n) is 6.19. The van der Waals surface area contributed by atoms with Crippen molar-refractivity contribution in [1.29, 1.82) is 0 Å². The molecule has 1 N–H and O–H groups in total. The summed E-state index contributed by atoms with van der Waals surface area (Å²) >= 11 is 0. The van der Waals surface area contributed by atoms with E-state index in [1.807, 2.05) is 0 Å². The highest BCUT2D eigenvalue weighted by atomic mass is 32.2. The number of halogens is 3. The van der Waals surface area contributed by atoms with E-state index >= 15 is 0 Å². The van der Waals surface area contributed by atoms with Gasteiger partial charge in [-0.05, 0) is 31.5 Å². The predicted octanol–water partition coefficient (Wildman–Crippen LogP) is 2.79. The third-order valence-corrected chi connectivity index (χ3v) is 4.34. The van der Waals surface area contributed by atoms with Crippen LogP contribution in [0.1, 0.15) is 22.6 Å². The third kappa shape index (κ3) is 3.66. The van der Waals surface area contributed by atoms with Gasteiger partial charge in [0, 0.05) is 6.07 Å². The largest absolute Gasteiger partial charge is 0.416 e. The van der Waals surface area contributed by atoms with E-state index in [1.54, 1.807) is 6.92 Å². The highest BCUT2D eigenvalue weighted by molar-refractivity contribution is 7.89. The van der Waals surface area contributed by atoms with Gasteiger partial charge in [0.1, 0.15) is 5.76 Å². The van der Waals surface area contributed by atoms with Gasteiger partial charge in [-0.3, -0.25) is 0 Å². The summed E-state index contributed by atoms with van der Waals surface area (Å²) in [4.78, 5) is -0.453. The molecule has 2 rings (SSSR count). The van der Waals surface area contributed by atoms with Crippen LogP contribution in [0.5, 0.6) is 0 Å². The van der Waals surface area contributed by atoms with Crippen LogP contribution in [0.25, 0.3) is 0 Å². The van der Waals surface area contributed by atoms with Crippen molar-refractivity contribution < 1.29 is 26.1 Å². The first-order chi connectivity index (χ1) is 10.1.